The summed E-state index contributed by atoms with van der Waals surface area (Å²) in [4.78, 5) is 0. The van der Waals surface area contributed by atoms with Gasteiger partial charge in [-0.1, -0.05) is 39.3 Å². The zero-order valence-electron chi connectivity index (χ0n) is 15.1. The number of hydrogen-bond acceptors (Lipinski definition) is 2. The minimum Gasteiger partial charge on any atom is -0.422 e. The van der Waals surface area contributed by atoms with Crippen LogP contribution in [0.25, 0.3) is 0 Å². The fourth-order valence-corrected chi connectivity index (χ4v) is 4.46. The Hall–Kier alpha value is -0.540. The van der Waals surface area contributed by atoms with Crippen molar-refractivity contribution in [3.63, 3.8) is 0 Å². The molecule has 0 aliphatic heterocycles. The zero-order chi connectivity index (χ0) is 17.6. The molecule has 0 fully saturated rings. The molecule has 0 spiro atoms. The summed E-state index contributed by atoms with van der Waals surface area (Å²) in [5, 5.41) is 0.635. The van der Waals surface area contributed by atoms with Crippen LogP contribution < -0.4 is 4.52 Å². The fraction of sp³-hybridized carbons (Fsp3) is 0.647. The molecular formula is C17H30ClN2O2P. The molecule has 1 rings (SSSR count). The van der Waals surface area contributed by atoms with E-state index in [0.29, 0.717) is 29.2 Å². The average Bonchev–Trinajstić information content (AvgIpc) is 2.46. The Labute approximate surface area is 146 Å². The van der Waals surface area contributed by atoms with Gasteiger partial charge in [-0.3, -0.25) is 0 Å². The van der Waals surface area contributed by atoms with Gasteiger partial charge in [-0.25, -0.2) is 13.9 Å². The second-order valence-corrected chi connectivity index (χ2v) is 9.80. The van der Waals surface area contributed by atoms with E-state index in [4.69, 9.17) is 16.1 Å². The van der Waals surface area contributed by atoms with Crippen molar-refractivity contribution in [3.05, 3.63) is 29.3 Å². The number of rotatable bonds is 9. The first-order valence-electron chi connectivity index (χ1n) is 8.13. The Bertz CT molecular complexity index is 520. The quantitative estimate of drug-likeness (QED) is 0.552. The second kappa shape index (κ2) is 9.08. The number of halogens is 1. The molecule has 1 aromatic rings. The summed E-state index contributed by atoms with van der Waals surface area (Å²) < 4.78 is 23.3. The predicted octanol–water partition coefficient (Wildman–Crippen LogP) is 5.39. The van der Waals surface area contributed by atoms with Crippen LogP contribution in [0, 0.1) is 11.8 Å². The fourth-order valence-electron chi connectivity index (χ4n) is 2.24. The van der Waals surface area contributed by atoms with Crippen LogP contribution in [-0.2, 0) is 4.57 Å². The Balaban J connectivity index is 2.99. The molecule has 6 heteroatoms. The highest BCUT2D eigenvalue weighted by molar-refractivity contribution is 7.54. The lowest BCUT2D eigenvalue weighted by Gasteiger charge is -2.35. The van der Waals surface area contributed by atoms with E-state index >= 15 is 0 Å². The SMILES string of the molecule is CC(C)CCN(C)P(=O)(Oc1ccc(Cl)cc1)N(C)CC(C)C. The van der Waals surface area contributed by atoms with Gasteiger partial charge >= 0.3 is 7.67 Å². The van der Waals surface area contributed by atoms with E-state index < -0.39 is 7.67 Å². The van der Waals surface area contributed by atoms with Crippen molar-refractivity contribution in [2.75, 3.05) is 27.2 Å². The van der Waals surface area contributed by atoms with E-state index in [0.717, 1.165) is 13.0 Å². The van der Waals surface area contributed by atoms with Crippen molar-refractivity contribution in [3.8, 4) is 5.75 Å². The van der Waals surface area contributed by atoms with Gasteiger partial charge in [-0.05, 0) is 56.6 Å². The highest BCUT2D eigenvalue weighted by Gasteiger charge is 2.36. The molecule has 0 bridgehead atoms. The van der Waals surface area contributed by atoms with Crippen LogP contribution in [0.3, 0.4) is 0 Å². The van der Waals surface area contributed by atoms with E-state index in [1.807, 2.05) is 23.4 Å². The molecule has 132 valence electrons. The van der Waals surface area contributed by atoms with Gasteiger partial charge in [0.15, 0.2) is 0 Å². The molecule has 1 unspecified atom stereocenters. The first-order chi connectivity index (χ1) is 10.6. The normalized spacial score (nSPS) is 14.7. The van der Waals surface area contributed by atoms with E-state index in [1.54, 1.807) is 24.3 Å². The molecule has 0 radical (unpaired) electrons. The van der Waals surface area contributed by atoms with Crippen molar-refractivity contribution >= 4 is 19.3 Å². The lowest BCUT2D eigenvalue weighted by atomic mass is 10.1. The van der Waals surface area contributed by atoms with Gasteiger partial charge in [0.05, 0.1) is 0 Å². The van der Waals surface area contributed by atoms with Gasteiger partial charge in [-0.2, -0.15) is 0 Å². The summed E-state index contributed by atoms with van der Waals surface area (Å²) in [6.07, 6.45) is 0.972. The van der Waals surface area contributed by atoms with E-state index in [2.05, 4.69) is 27.7 Å². The second-order valence-electron chi connectivity index (χ2n) is 6.83. The van der Waals surface area contributed by atoms with Crippen molar-refractivity contribution < 1.29 is 9.09 Å². The maximum Gasteiger partial charge on any atom is 0.395 e. The third kappa shape index (κ3) is 6.46. The first-order valence-corrected chi connectivity index (χ1v) is 10.0. The van der Waals surface area contributed by atoms with Gasteiger partial charge in [-0.15, -0.1) is 0 Å². The highest BCUT2D eigenvalue weighted by Crippen LogP contribution is 2.52. The third-order valence-corrected chi connectivity index (χ3v) is 6.35. The molecule has 0 aromatic heterocycles. The number of hydrogen-bond donors (Lipinski definition) is 0. The Morgan fingerprint density at radius 2 is 1.61 bits per heavy atom. The van der Waals surface area contributed by atoms with Crippen molar-refractivity contribution in [1.82, 2.24) is 9.34 Å². The van der Waals surface area contributed by atoms with Gasteiger partial charge in [0.25, 0.3) is 0 Å². The number of benzene rings is 1. The Kier molecular flexibility index (Phi) is 8.09. The smallest absolute Gasteiger partial charge is 0.395 e. The van der Waals surface area contributed by atoms with Crippen LogP contribution in [-0.4, -0.2) is 36.5 Å². The molecule has 0 saturated heterocycles. The topological polar surface area (TPSA) is 32.8 Å². The molecule has 0 amide bonds. The molecule has 0 N–H and O–H groups in total. The lowest BCUT2D eigenvalue weighted by Crippen LogP contribution is -2.33. The maximum absolute atomic E-state index is 13.6. The van der Waals surface area contributed by atoms with Crippen LogP contribution in [0.1, 0.15) is 34.1 Å². The van der Waals surface area contributed by atoms with E-state index in [1.165, 1.54) is 0 Å². The molecule has 4 nitrogen and oxygen atoms in total. The van der Waals surface area contributed by atoms with E-state index in [-0.39, 0.29) is 0 Å². The summed E-state index contributed by atoms with van der Waals surface area (Å²) in [6, 6.07) is 7.01. The molecule has 0 aliphatic carbocycles. The van der Waals surface area contributed by atoms with Crippen LogP contribution in [0.15, 0.2) is 24.3 Å². The van der Waals surface area contributed by atoms with Gasteiger partial charge in [0.1, 0.15) is 5.75 Å². The monoisotopic (exact) mass is 360 g/mol. The van der Waals surface area contributed by atoms with Crippen molar-refractivity contribution in [2.45, 2.75) is 34.1 Å². The van der Waals surface area contributed by atoms with Crippen LogP contribution in [0.2, 0.25) is 5.02 Å². The Morgan fingerprint density at radius 1 is 1.04 bits per heavy atom. The summed E-state index contributed by atoms with van der Waals surface area (Å²) in [5.74, 6) is 1.53. The molecule has 1 atom stereocenters. The number of nitrogens with zero attached hydrogens (tertiary/aromatic N) is 2. The summed E-state index contributed by atoms with van der Waals surface area (Å²) in [7, 11) is 0.610. The van der Waals surface area contributed by atoms with Gasteiger partial charge in [0, 0.05) is 18.1 Å². The summed E-state index contributed by atoms with van der Waals surface area (Å²) in [5.41, 5.74) is 0. The van der Waals surface area contributed by atoms with Gasteiger partial charge in [0.2, 0.25) is 0 Å². The Morgan fingerprint density at radius 3 is 2.09 bits per heavy atom. The first kappa shape index (κ1) is 20.5. The molecule has 1 aromatic carbocycles. The minimum atomic E-state index is -3.12. The van der Waals surface area contributed by atoms with Crippen LogP contribution in [0.5, 0.6) is 5.75 Å². The molecular weight excluding hydrogens is 331 g/mol. The van der Waals surface area contributed by atoms with Gasteiger partial charge < -0.3 is 4.52 Å². The molecule has 0 saturated carbocycles. The molecule has 0 aliphatic rings. The highest BCUT2D eigenvalue weighted by atomic mass is 35.5. The lowest BCUT2D eigenvalue weighted by molar-refractivity contribution is 0.292. The summed E-state index contributed by atoms with van der Waals surface area (Å²) in [6.45, 7) is 9.98. The average molecular weight is 361 g/mol. The predicted molar refractivity (Wildman–Crippen MR) is 99.2 cm³/mol. The zero-order valence-corrected chi connectivity index (χ0v) is 16.8. The maximum atomic E-state index is 13.6. The molecule has 0 heterocycles. The van der Waals surface area contributed by atoms with Crippen molar-refractivity contribution in [2.24, 2.45) is 11.8 Å². The summed E-state index contributed by atoms with van der Waals surface area (Å²) >= 11 is 5.92. The standard InChI is InChI=1S/C17H30ClN2O2P/c1-14(2)11-12-19(5)23(21,20(6)13-15(3)4)22-17-9-7-16(18)8-10-17/h7-10,14-15H,11-13H2,1-6H3. The minimum absolute atomic E-state index is 0.403. The van der Waals surface area contributed by atoms with E-state index in [9.17, 15) is 4.57 Å². The van der Waals surface area contributed by atoms with Crippen molar-refractivity contribution in [1.29, 1.82) is 0 Å². The largest absolute Gasteiger partial charge is 0.422 e. The molecule has 23 heavy (non-hydrogen) atoms. The van der Waals surface area contributed by atoms with Crippen LogP contribution >= 0.6 is 19.3 Å². The van der Waals surface area contributed by atoms with Crippen LogP contribution in [0.4, 0.5) is 0 Å². The third-order valence-electron chi connectivity index (χ3n) is 3.56.